The molecule has 0 radical (unpaired) electrons. The number of nitrogens with zero attached hydrogens (tertiary/aromatic N) is 1. The summed E-state index contributed by atoms with van der Waals surface area (Å²) in [5.74, 6) is 1.72. The SMILES string of the molecule is O=C1CC[C@@]2(CCOC2)CN1Cc1ccc(-c2ccccc2Cl)o1. The zero-order valence-corrected chi connectivity index (χ0v) is 14.2. The summed E-state index contributed by atoms with van der Waals surface area (Å²) in [4.78, 5) is 14.2. The van der Waals surface area contributed by atoms with E-state index in [1.54, 1.807) is 0 Å². The highest BCUT2D eigenvalue weighted by molar-refractivity contribution is 6.33. The van der Waals surface area contributed by atoms with Gasteiger partial charge < -0.3 is 14.1 Å². The van der Waals surface area contributed by atoms with Crippen molar-refractivity contribution in [1.29, 1.82) is 0 Å². The average Bonchev–Trinajstić information content (AvgIpc) is 3.22. The Bertz CT molecular complexity index is 749. The number of benzene rings is 1. The zero-order valence-electron chi connectivity index (χ0n) is 13.5. The molecule has 2 aromatic rings. The molecule has 4 nitrogen and oxygen atoms in total. The van der Waals surface area contributed by atoms with Crippen molar-refractivity contribution in [3.8, 4) is 11.3 Å². The Morgan fingerprint density at radius 2 is 2.04 bits per heavy atom. The minimum Gasteiger partial charge on any atom is -0.459 e. The molecule has 0 saturated carbocycles. The van der Waals surface area contributed by atoms with E-state index in [1.807, 2.05) is 41.3 Å². The van der Waals surface area contributed by atoms with Crippen molar-refractivity contribution in [2.24, 2.45) is 5.41 Å². The van der Waals surface area contributed by atoms with Gasteiger partial charge in [0.1, 0.15) is 11.5 Å². The average molecular weight is 346 g/mol. The molecule has 126 valence electrons. The lowest BCUT2D eigenvalue weighted by Crippen LogP contribution is -2.46. The lowest BCUT2D eigenvalue weighted by atomic mass is 9.79. The van der Waals surface area contributed by atoms with Crippen molar-refractivity contribution in [3.05, 3.63) is 47.2 Å². The van der Waals surface area contributed by atoms with Crippen LogP contribution in [-0.2, 0) is 16.1 Å². The lowest BCUT2D eigenvalue weighted by molar-refractivity contribution is -0.138. The number of ether oxygens (including phenoxy) is 1. The molecule has 0 bridgehead atoms. The minimum atomic E-state index is 0.145. The topological polar surface area (TPSA) is 42.7 Å². The highest BCUT2D eigenvalue weighted by atomic mass is 35.5. The number of likely N-dealkylation sites (tertiary alicyclic amines) is 1. The number of hydrogen-bond donors (Lipinski definition) is 0. The molecule has 1 aromatic heterocycles. The monoisotopic (exact) mass is 345 g/mol. The second-order valence-corrected chi connectivity index (χ2v) is 7.21. The molecule has 2 saturated heterocycles. The van der Waals surface area contributed by atoms with Gasteiger partial charge in [0.15, 0.2) is 0 Å². The third kappa shape index (κ3) is 2.96. The number of halogens is 1. The molecule has 1 spiro atoms. The molecule has 1 amide bonds. The number of hydrogen-bond acceptors (Lipinski definition) is 3. The van der Waals surface area contributed by atoms with Crippen LogP contribution in [0.25, 0.3) is 11.3 Å². The summed E-state index contributed by atoms with van der Waals surface area (Å²) >= 11 is 6.23. The van der Waals surface area contributed by atoms with Crippen LogP contribution in [0.2, 0.25) is 5.02 Å². The van der Waals surface area contributed by atoms with Crippen LogP contribution < -0.4 is 0 Å². The summed E-state index contributed by atoms with van der Waals surface area (Å²) in [6.45, 7) is 2.83. The molecule has 0 unspecified atom stereocenters. The number of amides is 1. The Hall–Kier alpha value is -1.78. The summed E-state index contributed by atoms with van der Waals surface area (Å²) in [5, 5.41) is 0.662. The van der Waals surface area contributed by atoms with Gasteiger partial charge in [0, 0.05) is 30.6 Å². The Labute approximate surface area is 146 Å². The lowest BCUT2D eigenvalue weighted by Gasteiger charge is -2.38. The third-order valence-electron chi connectivity index (χ3n) is 5.08. The molecule has 5 heteroatoms. The van der Waals surface area contributed by atoms with Crippen molar-refractivity contribution in [2.45, 2.75) is 25.8 Å². The van der Waals surface area contributed by atoms with Gasteiger partial charge in [0.05, 0.1) is 18.2 Å². The van der Waals surface area contributed by atoms with Gasteiger partial charge in [-0.3, -0.25) is 4.79 Å². The molecular formula is C19H20ClNO3. The molecule has 2 fully saturated rings. The van der Waals surface area contributed by atoms with Crippen molar-refractivity contribution in [3.63, 3.8) is 0 Å². The van der Waals surface area contributed by atoms with Crippen LogP contribution >= 0.6 is 11.6 Å². The Morgan fingerprint density at radius 1 is 1.17 bits per heavy atom. The van der Waals surface area contributed by atoms with Gasteiger partial charge in [0.25, 0.3) is 0 Å². The van der Waals surface area contributed by atoms with Gasteiger partial charge in [0.2, 0.25) is 5.91 Å². The van der Waals surface area contributed by atoms with Crippen LogP contribution in [-0.4, -0.2) is 30.6 Å². The molecule has 2 aliphatic rings. The number of piperidine rings is 1. The maximum atomic E-state index is 12.3. The molecule has 2 aliphatic heterocycles. The number of furan rings is 1. The fourth-order valence-corrected chi connectivity index (χ4v) is 3.90. The zero-order chi connectivity index (χ0) is 16.6. The first-order valence-electron chi connectivity index (χ1n) is 8.34. The summed E-state index contributed by atoms with van der Waals surface area (Å²) in [5.41, 5.74) is 1.02. The second-order valence-electron chi connectivity index (χ2n) is 6.80. The third-order valence-corrected chi connectivity index (χ3v) is 5.41. The minimum absolute atomic E-state index is 0.145. The molecule has 0 aliphatic carbocycles. The quantitative estimate of drug-likeness (QED) is 0.840. The molecule has 4 rings (SSSR count). The van der Waals surface area contributed by atoms with Gasteiger partial charge in [-0.25, -0.2) is 0 Å². The van der Waals surface area contributed by atoms with E-state index < -0.39 is 0 Å². The fraction of sp³-hybridized carbons (Fsp3) is 0.421. The van der Waals surface area contributed by atoms with Crippen LogP contribution in [0, 0.1) is 5.41 Å². The molecule has 1 aromatic carbocycles. The highest BCUT2D eigenvalue weighted by Gasteiger charge is 2.41. The van der Waals surface area contributed by atoms with Crippen LogP contribution in [0.4, 0.5) is 0 Å². The molecule has 0 N–H and O–H groups in total. The predicted molar refractivity (Wildman–Crippen MR) is 91.7 cm³/mol. The van der Waals surface area contributed by atoms with Crippen molar-refractivity contribution in [1.82, 2.24) is 4.90 Å². The van der Waals surface area contributed by atoms with Crippen LogP contribution in [0.3, 0.4) is 0 Å². The largest absolute Gasteiger partial charge is 0.459 e. The highest BCUT2D eigenvalue weighted by Crippen LogP contribution is 2.39. The van der Waals surface area contributed by atoms with E-state index in [0.717, 1.165) is 49.7 Å². The molecule has 1 atom stereocenters. The number of rotatable bonds is 3. The van der Waals surface area contributed by atoms with Gasteiger partial charge in [-0.05, 0) is 37.1 Å². The van der Waals surface area contributed by atoms with Gasteiger partial charge >= 0.3 is 0 Å². The van der Waals surface area contributed by atoms with Gasteiger partial charge in [-0.15, -0.1) is 0 Å². The first-order chi connectivity index (χ1) is 11.7. The van der Waals surface area contributed by atoms with E-state index in [4.69, 9.17) is 20.8 Å². The van der Waals surface area contributed by atoms with Crippen molar-refractivity contribution in [2.75, 3.05) is 19.8 Å². The van der Waals surface area contributed by atoms with Gasteiger partial charge in [-0.1, -0.05) is 23.7 Å². The van der Waals surface area contributed by atoms with E-state index in [0.29, 0.717) is 18.0 Å². The summed E-state index contributed by atoms with van der Waals surface area (Å²) in [6.07, 6.45) is 2.58. The van der Waals surface area contributed by atoms with Crippen LogP contribution in [0.5, 0.6) is 0 Å². The van der Waals surface area contributed by atoms with Crippen LogP contribution in [0.1, 0.15) is 25.0 Å². The first-order valence-corrected chi connectivity index (χ1v) is 8.72. The Kier molecular flexibility index (Phi) is 4.10. The number of carbonyl (C=O) groups excluding carboxylic acids is 1. The summed E-state index contributed by atoms with van der Waals surface area (Å²) < 4.78 is 11.5. The second kappa shape index (κ2) is 6.26. The first kappa shape index (κ1) is 15.7. The van der Waals surface area contributed by atoms with E-state index in [2.05, 4.69) is 0 Å². The predicted octanol–water partition coefficient (Wildman–Crippen LogP) is 4.13. The molecule has 24 heavy (non-hydrogen) atoms. The van der Waals surface area contributed by atoms with Gasteiger partial charge in [-0.2, -0.15) is 0 Å². The van der Waals surface area contributed by atoms with Crippen molar-refractivity contribution < 1.29 is 13.9 Å². The molecule has 3 heterocycles. The van der Waals surface area contributed by atoms with Crippen molar-refractivity contribution >= 4 is 17.5 Å². The van der Waals surface area contributed by atoms with E-state index in [9.17, 15) is 4.79 Å². The fourth-order valence-electron chi connectivity index (χ4n) is 3.67. The molecular weight excluding hydrogens is 326 g/mol. The van der Waals surface area contributed by atoms with E-state index in [-0.39, 0.29) is 11.3 Å². The van der Waals surface area contributed by atoms with E-state index in [1.165, 1.54) is 0 Å². The van der Waals surface area contributed by atoms with E-state index >= 15 is 0 Å². The maximum Gasteiger partial charge on any atom is 0.223 e. The maximum absolute atomic E-state index is 12.3. The van der Waals surface area contributed by atoms with Crippen LogP contribution in [0.15, 0.2) is 40.8 Å². The standard InChI is InChI=1S/C19H20ClNO3/c20-16-4-2-1-3-15(16)17-6-5-14(24-17)11-21-12-19(8-7-18(21)22)9-10-23-13-19/h1-6H,7-13H2/t19-/m1/s1. The normalized spacial score (nSPS) is 24.0. The Morgan fingerprint density at radius 3 is 2.83 bits per heavy atom. The Balaban J connectivity index is 1.51. The smallest absolute Gasteiger partial charge is 0.223 e. The number of carbonyl (C=O) groups is 1. The summed E-state index contributed by atoms with van der Waals surface area (Å²) in [6, 6.07) is 11.4. The summed E-state index contributed by atoms with van der Waals surface area (Å²) in [7, 11) is 0.